The molecule has 1 saturated carbocycles. The minimum absolute atomic E-state index is 0.114. The molecule has 100 valence electrons. The fraction of sp³-hybridized carbons (Fsp3) is 0.625. The summed E-state index contributed by atoms with van der Waals surface area (Å²) in [5, 5.41) is 3.28. The summed E-state index contributed by atoms with van der Waals surface area (Å²) < 4.78 is 13.2. The van der Waals surface area contributed by atoms with Gasteiger partial charge in [0.1, 0.15) is 5.82 Å². The number of hydrogen-bond donors (Lipinski definition) is 1. The van der Waals surface area contributed by atoms with E-state index in [1.54, 1.807) is 6.07 Å². The fourth-order valence-corrected chi connectivity index (χ4v) is 3.24. The Morgan fingerprint density at radius 2 is 2.11 bits per heavy atom. The SMILES string of the molecule is CNCC(Cc1cccc(F)c1)CC1CCCC1. The molecule has 2 heteroatoms. The van der Waals surface area contributed by atoms with Gasteiger partial charge < -0.3 is 5.32 Å². The lowest BCUT2D eigenvalue weighted by molar-refractivity contribution is 0.364. The molecule has 1 aliphatic rings. The van der Waals surface area contributed by atoms with E-state index in [2.05, 4.69) is 5.32 Å². The number of halogens is 1. The average molecular weight is 249 g/mol. The second kappa shape index (κ2) is 6.89. The van der Waals surface area contributed by atoms with Crippen LogP contribution in [0, 0.1) is 17.7 Å². The second-order valence-electron chi connectivity index (χ2n) is 5.64. The molecule has 1 aromatic carbocycles. The molecule has 1 N–H and O–H groups in total. The van der Waals surface area contributed by atoms with Crippen LogP contribution in [0.4, 0.5) is 4.39 Å². The van der Waals surface area contributed by atoms with Crippen molar-refractivity contribution in [1.29, 1.82) is 0 Å². The van der Waals surface area contributed by atoms with Gasteiger partial charge in [0, 0.05) is 0 Å². The van der Waals surface area contributed by atoms with E-state index in [9.17, 15) is 4.39 Å². The van der Waals surface area contributed by atoms with Gasteiger partial charge in [-0.2, -0.15) is 0 Å². The maximum Gasteiger partial charge on any atom is 0.123 e. The highest BCUT2D eigenvalue weighted by atomic mass is 19.1. The summed E-state index contributed by atoms with van der Waals surface area (Å²) in [6, 6.07) is 7.06. The van der Waals surface area contributed by atoms with Gasteiger partial charge in [0.25, 0.3) is 0 Å². The molecule has 1 nitrogen and oxygen atoms in total. The van der Waals surface area contributed by atoms with E-state index in [1.807, 2.05) is 19.2 Å². The highest BCUT2D eigenvalue weighted by Gasteiger charge is 2.20. The number of hydrogen-bond acceptors (Lipinski definition) is 1. The first-order valence-electron chi connectivity index (χ1n) is 7.17. The predicted octanol–water partition coefficient (Wildman–Crippen LogP) is 3.78. The van der Waals surface area contributed by atoms with E-state index in [4.69, 9.17) is 0 Å². The molecule has 0 saturated heterocycles. The maximum atomic E-state index is 13.2. The average Bonchev–Trinajstić information content (AvgIpc) is 2.82. The Bertz CT molecular complexity index is 358. The Morgan fingerprint density at radius 3 is 2.78 bits per heavy atom. The Morgan fingerprint density at radius 1 is 1.33 bits per heavy atom. The lowest BCUT2D eigenvalue weighted by atomic mass is 9.88. The van der Waals surface area contributed by atoms with Crippen molar-refractivity contribution in [3.8, 4) is 0 Å². The molecule has 1 atom stereocenters. The van der Waals surface area contributed by atoms with Gasteiger partial charge in [-0.3, -0.25) is 0 Å². The van der Waals surface area contributed by atoms with Gasteiger partial charge in [0.05, 0.1) is 0 Å². The van der Waals surface area contributed by atoms with Crippen LogP contribution < -0.4 is 5.32 Å². The predicted molar refractivity (Wildman–Crippen MR) is 74.1 cm³/mol. The van der Waals surface area contributed by atoms with Gasteiger partial charge in [-0.05, 0) is 56.0 Å². The van der Waals surface area contributed by atoms with Crippen molar-refractivity contribution in [3.05, 3.63) is 35.6 Å². The Hall–Kier alpha value is -0.890. The summed E-state index contributed by atoms with van der Waals surface area (Å²) >= 11 is 0. The molecule has 0 bridgehead atoms. The zero-order valence-electron chi connectivity index (χ0n) is 11.3. The quantitative estimate of drug-likeness (QED) is 0.809. The Kier molecular flexibility index (Phi) is 5.18. The normalized spacial score (nSPS) is 18.1. The van der Waals surface area contributed by atoms with Crippen LogP contribution in [-0.4, -0.2) is 13.6 Å². The number of benzene rings is 1. The standard InChI is InChI=1S/C16H24FN/c1-18-12-15(9-13-5-2-3-6-13)10-14-7-4-8-16(17)11-14/h4,7-8,11,13,15,18H,2-3,5-6,9-10,12H2,1H3. The van der Waals surface area contributed by atoms with E-state index in [-0.39, 0.29) is 5.82 Å². The first kappa shape index (κ1) is 13.5. The summed E-state index contributed by atoms with van der Waals surface area (Å²) in [6.07, 6.45) is 7.87. The van der Waals surface area contributed by atoms with E-state index in [1.165, 1.54) is 38.2 Å². The van der Waals surface area contributed by atoms with Crippen LogP contribution in [0.25, 0.3) is 0 Å². The second-order valence-corrected chi connectivity index (χ2v) is 5.64. The van der Waals surface area contributed by atoms with Crippen molar-refractivity contribution in [2.24, 2.45) is 11.8 Å². The monoisotopic (exact) mass is 249 g/mol. The first-order valence-corrected chi connectivity index (χ1v) is 7.17. The van der Waals surface area contributed by atoms with Crippen molar-refractivity contribution in [1.82, 2.24) is 5.32 Å². The van der Waals surface area contributed by atoms with Crippen molar-refractivity contribution >= 4 is 0 Å². The highest BCUT2D eigenvalue weighted by Crippen LogP contribution is 2.31. The molecule has 0 aliphatic heterocycles. The van der Waals surface area contributed by atoms with Crippen LogP contribution in [0.15, 0.2) is 24.3 Å². The molecular weight excluding hydrogens is 225 g/mol. The summed E-state index contributed by atoms with van der Waals surface area (Å²) in [6.45, 7) is 1.03. The van der Waals surface area contributed by atoms with Crippen LogP contribution in [0.2, 0.25) is 0 Å². The maximum absolute atomic E-state index is 13.2. The minimum Gasteiger partial charge on any atom is -0.319 e. The van der Waals surface area contributed by atoms with E-state index in [0.717, 1.165) is 24.4 Å². The molecule has 0 radical (unpaired) electrons. The Balaban J connectivity index is 1.92. The van der Waals surface area contributed by atoms with Gasteiger partial charge in [-0.15, -0.1) is 0 Å². The molecule has 18 heavy (non-hydrogen) atoms. The summed E-state index contributed by atoms with van der Waals surface area (Å²) in [5.41, 5.74) is 1.13. The smallest absolute Gasteiger partial charge is 0.123 e. The van der Waals surface area contributed by atoms with Crippen molar-refractivity contribution < 1.29 is 4.39 Å². The minimum atomic E-state index is -0.114. The lowest BCUT2D eigenvalue weighted by Crippen LogP contribution is -2.22. The third-order valence-electron chi connectivity index (χ3n) is 4.05. The molecule has 0 aromatic heterocycles. The van der Waals surface area contributed by atoms with Crippen LogP contribution in [0.1, 0.15) is 37.7 Å². The van der Waals surface area contributed by atoms with E-state index >= 15 is 0 Å². The van der Waals surface area contributed by atoms with Crippen molar-refractivity contribution in [2.75, 3.05) is 13.6 Å². The van der Waals surface area contributed by atoms with Gasteiger partial charge >= 0.3 is 0 Å². The molecule has 1 aromatic rings. The molecular formula is C16H24FN. The van der Waals surface area contributed by atoms with Crippen molar-refractivity contribution in [3.63, 3.8) is 0 Å². The van der Waals surface area contributed by atoms with Crippen LogP contribution in [0.5, 0.6) is 0 Å². The molecule has 2 rings (SSSR count). The number of rotatable bonds is 6. The van der Waals surface area contributed by atoms with Crippen molar-refractivity contribution in [2.45, 2.75) is 38.5 Å². The topological polar surface area (TPSA) is 12.0 Å². The Labute approximate surface area is 110 Å². The van der Waals surface area contributed by atoms with Gasteiger partial charge in [-0.25, -0.2) is 4.39 Å². The highest BCUT2D eigenvalue weighted by molar-refractivity contribution is 5.17. The van der Waals surface area contributed by atoms with Gasteiger partial charge in [-0.1, -0.05) is 37.8 Å². The fourth-order valence-electron chi connectivity index (χ4n) is 3.24. The summed E-state index contributed by atoms with van der Waals surface area (Å²) in [7, 11) is 2.01. The van der Waals surface area contributed by atoms with E-state index in [0.29, 0.717) is 5.92 Å². The third-order valence-corrected chi connectivity index (χ3v) is 4.05. The van der Waals surface area contributed by atoms with Gasteiger partial charge in [0.15, 0.2) is 0 Å². The summed E-state index contributed by atoms with van der Waals surface area (Å²) in [5.74, 6) is 1.42. The number of nitrogens with one attached hydrogen (secondary N) is 1. The van der Waals surface area contributed by atoms with E-state index < -0.39 is 0 Å². The van der Waals surface area contributed by atoms with Crippen LogP contribution in [-0.2, 0) is 6.42 Å². The molecule has 1 fully saturated rings. The molecule has 1 unspecified atom stereocenters. The molecule has 1 aliphatic carbocycles. The van der Waals surface area contributed by atoms with Crippen LogP contribution in [0.3, 0.4) is 0 Å². The molecule has 0 amide bonds. The molecule has 0 spiro atoms. The lowest BCUT2D eigenvalue weighted by Gasteiger charge is -2.20. The largest absolute Gasteiger partial charge is 0.319 e. The first-order chi connectivity index (χ1) is 8.78. The zero-order chi connectivity index (χ0) is 12.8. The third kappa shape index (κ3) is 4.09. The van der Waals surface area contributed by atoms with Crippen LogP contribution >= 0.6 is 0 Å². The zero-order valence-corrected chi connectivity index (χ0v) is 11.3. The van der Waals surface area contributed by atoms with Gasteiger partial charge in [0.2, 0.25) is 0 Å². The summed E-state index contributed by atoms with van der Waals surface area (Å²) in [4.78, 5) is 0. The molecule has 0 heterocycles.